The van der Waals surface area contributed by atoms with Crippen LogP contribution in [0.3, 0.4) is 0 Å². The van der Waals surface area contributed by atoms with Crippen LogP contribution in [0.2, 0.25) is 0 Å². The fraction of sp³-hybridized carbons (Fsp3) is 0.731. The van der Waals surface area contributed by atoms with Gasteiger partial charge in [-0.25, -0.2) is 4.79 Å². The van der Waals surface area contributed by atoms with Crippen LogP contribution in [0.4, 0.5) is 0 Å². The number of ether oxygens (including phenoxy) is 7. The van der Waals surface area contributed by atoms with Gasteiger partial charge in [0, 0.05) is 51.0 Å². The van der Waals surface area contributed by atoms with Gasteiger partial charge >= 0.3 is 5.97 Å². The molecule has 3 aliphatic heterocycles. The van der Waals surface area contributed by atoms with E-state index in [1.165, 1.54) is 33.3 Å². The first-order valence-electron chi connectivity index (χ1n) is 24.6. The molecular weight excluding hydrogens is 879 g/mol. The number of nitrogens with zero attached hydrogens (tertiary/aromatic N) is 1. The number of carbonyl (C=O) groups excluding carboxylic acids is 4. The van der Waals surface area contributed by atoms with E-state index in [2.05, 4.69) is 0 Å². The van der Waals surface area contributed by atoms with Crippen molar-refractivity contribution in [3.05, 3.63) is 47.1 Å². The normalized spacial score (nSPS) is 36.7. The van der Waals surface area contributed by atoms with E-state index in [-0.39, 0.29) is 50.0 Å². The average molecular weight is 958 g/mol. The second-order valence-electron chi connectivity index (χ2n) is 19.9. The number of piperidine rings is 1. The molecule has 1 amide bonds. The molecule has 16 heteroatoms. The molecule has 0 spiro atoms. The summed E-state index contributed by atoms with van der Waals surface area (Å²) in [5.74, 6) is -6.99. The van der Waals surface area contributed by atoms with Gasteiger partial charge in [0.05, 0.1) is 51.3 Å². The summed E-state index contributed by atoms with van der Waals surface area (Å²) in [6.45, 7) is 11.0. The van der Waals surface area contributed by atoms with Crippen molar-refractivity contribution in [3.63, 3.8) is 0 Å². The Hall–Kier alpha value is -3.74. The lowest BCUT2D eigenvalue weighted by atomic mass is 9.81. The number of amides is 1. The van der Waals surface area contributed by atoms with Crippen LogP contribution in [0.15, 0.2) is 41.5 Å². The number of Topliss-reactive ketones (excluding diaryl/α,β-unsaturated/α-hetero) is 2. The molecule has 15 unspecified atom stereocenters. The molecule has 1 aromatic rings. The molecule has 4 aliphatic rings. The van der Waals surface area contributed by atoms with Gasteiger partial charge in [0.15, 0.2) is 0 Å². The molecule has 1 saturated carbocycles. The molecule has 0 aromatic heterocycles. The van der Waals surface area contributed by atoms with Gasteiger partial charge in [-0.2, -0.15) is 0 Å². The lowest BCUT2D eigenvalue weighted by Crippen LogP contribution is -2.64. The number of rotatable bonds is 11. The largest absolute Gasteiger partial charge is 0.497 e. The van der Waals surface area contributed by atoms with E-state index in [0.29, 0.717) is 74.0 Å². The summed E-state index contributed by atoms with van der Waals surface area (Å²) in [6.07, 6.45) is 1.20. The van der Waals surface area contributed by atoms with E-state index in [1.807, 2.05) is 32.9 Å². The average Bonchev–Trinajstić information content (AvgIpc) is 3.32. The molecule has 2 saturated heterocycles. The van der Waals surface area contributed by atoms with E-state index < -0.39 is 96.1 Å². The van der Waals surface area contributed by atoms with Gasteiger partial charge in [-0.15, -0.1) is 0 Å². The summed E-state index contributed by atoms with van der Waals surface area (Å²) in [4.78, 5) is 58.3. The first-order chi connectivity index (χ1) is 32.3. The first kappa shape index (κ1) is 55.2. The Morgan fingerprint density at radius 2 is 1.54 bits per heavy atom. The monoisotopic (exact) mass is 958 g/mol. The summed E-state index contributed by atoms with van der Waals surface area (Å²) in [7, 11) is 6.09. The van der Waals surface area contributed by atoms with Crippen molar-refractivity contribution in [2.75, 3.05) is 41.6 Å². The van der Waals surface area contributed by atoms with E-state index >= 15 is 0 Å². The van der Waals surface area contributed by atoms with Crippen molar-refractivity contribution in [2.24, 2.45) is 29.6 Å². The van der Waals surface area contributed by atoms with Crippen molar-refractivity contribution < 1.29 is 72.8 Å². The number of cyclic esters (lactones) is 1. The lowest BCUT2D eigenvalue weighted by Gasteiger charge is -2.47. The highest BCUT2D eigenvalue weighted by Gasteiger charge is 2.56. The van der Waals surface area contributed by atoms with E-state index in [4.69, 9.17) is 33.2 Å². The van der Waals surface area contributed by atoms with Gasteiger partial charge in [0.1, 0.15) is 41.6 Å². The van der Waals surface area contributed by atoms with Crippen LogP contribution in [0.1, 0.15) is 124 Å². The second kappa shape index (κ2) is 24.9. The van der Waals surface area contributed by atoms with Crippen LogP contribution in [0.5, 0.6) is 11.5 Å². The number of hydrogen-bond donors (Lipinski definition) is 4. The molecule has 3 heterocycles. The summed E-state index contributed by atoms with van der Waals surface area (Å²) < 4.78 is 41.1. The molecule has 2 bridgehead atoms. The number of aliphatic hydroxyl groups excluding tert-OH is 3. The van der Waals surface area contributed by atoms with Crippen molar-refractivity contribution in [2.45, 2.75) is 173 Å². The van der Waals surface area contributed by atoms with Gasteiger partial charge in [-0.3, -0.25) is 14.4 Å². The Morgan fingerprint density at radius 3 is 2.16 bits per heavy atom. The molecule has 4 N–H and O–H groups in total. The van der Waals surface area contributed by atoms with E-state index in [1.54, 1.807) is 39.0 Å². The molecule has 1 aromatic carbocycles. The smallest absolute Gasteiger partial charge is 0.329 e. The van der Waals surface area contributed by atoms with Crippen LogP contribution in [-0.4, -0.2) is 145 Å². The highest BCUT2D eigenvalue weighted by Crippen LogP contribution is 2.40. The summed E-state index contributed by atoms with van der Waals surface area (Å²) in [5.41, 5.74) is 2.10. The van der Waals surface area contributed by atoms with Gasteiger partial charge in [0.2, 0.25) is 5.79 Å². The zero-order valence-electron chi connectivity index (χ0n) is 41.9. The minimum Gasteiger partial charge on any atom is -0.497 e. The number of esters is 1. The van der Waals surface area contributed by atoms with Crippen molar-refractivity contribution >= 4 is 23.4 Å². The SMILES string of the molecule is CCC1/C=C(\C)CC(C)CC(OC)C2OC(O)(C(=O)C(=O)N3CCCCC3C(=O)OC(C(C)=CC3CCC(OCC(O)c4cc(OC)cc(OC)c4)C(O)C3)C(C)C(O)CC1=O)C(C)CC2OC. The second-order valence-corrected chi connectivity index (χ2v) is 19.9. The number of hydrogen-bond acceptors (Lipinski definition) is 15. The number of methoxy groups -OCH3 is 4. The number of benzene rings is 1. The lowest BCUT2D eigenvalue weighted by molar-refractivity contribution is -0.302. The van der Waals surface area contributed by atoms with Crippen LogP contribution in [-0.2, 0) is 42.9 Å². The molecule has 3 fully saturated rings. The van der Waals surface area contributed by atoms with E-state index in [0.717, 1.165) is 5.57 Å². The molecular formula is C52H79NO15. The molecule has 16 nitrogen and oxygen atoms in total. The number of carbonyl (C=O) groups is 4. The standard InChI is InChI=1S/C52H79NO15/c1-11-35-19-29(2)18-30(3)20-45(64-9)48-46(65-10)22-32(5)52(61,68-48)49(58)50(59)53-17-13-12-14-39(53)51(60)67-47(33(6)40(54)27-41(35)55)31(4)21-34-15-16-44(42(56)23-34)66-28-43(57)36-24-37(62-7)26-38(25-36)63-8/h19,21,24-26,30,32-35,39-40,42-48,54,56-57,61H,11-18,20,22-23,27-28H2,1-10H3/b29-19+,31-21?. The maximum Gasteiger partial charge on any atom is 0.329 e. The third kappa shape index (κ3) is 13.4. The fourth-order valence-corrected chi connectivity index (χ4v) is 10.7. The molecule has 5 rings (SSSR count). The summed E-state index contributed by atoms with van der Waals surface area (Å²) in [6, 6.07) is 3.90. The number of ketones is 2. The van der Waals surface area contributed by atoms with Crippen molar-refractivity contribution in [3.8, 4) is 11.5 Å². The highest BCUT2D eigenvalue weighted by molar-refractivity contribution is 6.39. The Kier molecular flexibility index (Phi) is 20.2. The maximum atomic E-state index is 14.5. The van der Waals surface area contributed by atoms with Crippen molar-refractivity contribution in [1.82, 2.24) is 4.90 Å². The molecule has 0 radical (unpaired) electrons. The van der Waals surface area contributed by atoms with Crippen LogP contribution in [0.25, 0.3) is 0 Å². The predicted molar refractivity (Wildman–Crippen MR) is 252 cm³/mol. The van der Waals surface area contributed by atoms with Crippen LogP contribution < -0.4 is 9.47 Å². The van der Waals surface area contributed by atoms with Crippen molar-refractivity contribution in [1.29, 1.82) is 0 Å². The van der Waals surface area contributed by atoms with Crippen LogP contribution in [0, 0.1) is 29.6 Å². The zero-order valence-corrected chi connectivity index (χ0v) is 41.9. The van der Waals surface area contributed by atoms with Gasteiger partial charge < -0.3 is 58.5 Å². The Bertz CT molecular complexity index is 1910. The zero-order chi connectivity index (χ0) is 50.0. The van der Waals surface area contributed by atoms with Gasteiger partial charge in [0.25, 0.3) is 11.7 Å². The van der Waals surface area contributed by atoms with Crippen LogP contribution >= 0.6 is 0 Å². The first-order valence-corrected chi connectivity index (χ1v) is 24.6. The Labute approximate surface area is 402 Å². The number of aliphatic hydroxyl groups is 4. The molecule has 15 atom stereocenters. The number of fused-ring (bicyclic) bond motifs is 3. The number of allylic oxidation sites excluding steroid dienone is 3. The van der Waals surface area contributed by atoms with E-state index in [9.17, 15) is 39.6 Å². The van der Waals surface area contributed by atoms with Gasteiger partial charge in [-0.05, 0) is 113 Å². The topological polar surface area (TPSA) is 217 Å². The minimum absolute atomic E-state index is 0.00793. The quantitative estimate of drug-likeness (QED) is 0.121. The maximum absolute atomic E-state index is 14.5. The molecule has 1 aliphatic carbocycles. The summed E-state index contributed by atoms with van der Waals surface area (Å²) in [5, 5.41) is 46.2. The Morgan fingerprint density at radius 1 is 0.882 bits per heavy atom. The highest BCUT2D eigenvalue weighted by atomic mass is 16.7. The molecule has 382 valence electrons. The third-order valence-electron chi connectivity index (χ3n) is 14.8. The minimum atomic E-state index is -2.54. The third-order valence-corrected chi connectivity index (χ3v) is 14.8. The Balaban J connectivity index is 1.42. The van der Waals surface area contributed by atoms with Gasteiger partial charge in [-0.1, -0.05) is 45.4 Å². The molecule has 68 heavy (non-hydrogen) atoms. The summed E-state index contributed by atoms with van der Waals surface area (Å²) >= 11 is 0. The predicted octanol–water partition coefficient (Wildman–Crippen LogP) is 5.59. The fourth-order valence-electron chi connectivity index (χ4n) is 10.7.